The fraction of sp³-hybridized carbons (Fsp3) is 1.00. The molecule has 0 fully saturated rings. The zero-order valence-corrected chi connectivity index (χ0v) is 9.87. The smallest absolute Gasteiger partial charge is 0.244 e. The van der Waals surface area contributed by atoms with E-state index in [1.165, 1.54) is 12.8 Å². The molecule has 15 heavy (non-hydrogen) atoms. The van der Waals surface area contributed by atoms with Crippen LogP contribution in [0.15, 0.2) is 0 Å². The number of nitrogens with zero attached hydrogens (tertiary/aromatic N) is 1. The van der Waals surface area contributed by atoms with Crippen LogP contribution in [0.1, 0.15) is 58.8 Å². The Hall–Kier alpha value is -0.640. The van der Waals surface area contributed by atoms with E-state index >= 15 is 0 Å². The van der Waals surface area contributed by atoms with Crippen LogP contribution in [-0.4, -0.2) is 22.2 Å². The second kappa shape index (κ2) is 7.63. The van der Waals surface area contributed by atoms with Crippen LogP contribution in [0.25, 0.3) is 0 Å². The molecule has 0 saturated carbocycles. The van der Waals surface area contributed by atoms with E-state index in [1.54, 1.807) is 6.92 Å². The summed E-state index contributed by atoms with van der Waals surface area (Å²) in [5.41, 5.74) is -1.09. The Kier molecular flexibility index (Phi) is 7.30. The van der Waals surface area contributed by atoms with Gasteiger partial charge < -0.3 is 5.11 Å². The predicted molar refractivity (Wildman–Crippen MR) is 60.5 cm³/mol. The lowest BCUT2D eigenvalue weighted by Crippen LogP contribution is -2.41. The third kappa shape index (κ3) is 4.60. The molecule has 0 aromatic rings. The minimum Gasteiger partial charge on any atom is -0.389 e. The number of hydrogen-bond acceptors (Lipinski definition) is 3. The van der Waals surface area contributed by atoms with Gasteiger partial charge in [0.05, 0.1) is 0 Å². The molecule has 1 N–H and O–H groups in total. The fourth-order valence-electron chi connectivity index (χ4n) is 1.70. The summed E-state index contributed by atoms with van der Waals surface area (Å²) < 4.78 is 0. The monoisotopic (exact) mass is 217 g/mol. The summed E-state index contributed by atoms with van der Waals surface area (Å²) in [5.74, 6) is 0. The number of unbranched alkanes of at least 4 members (excludes halogenated alkanes) is 4. The molecule has 1 unspecified atom stereocenters. The van der Waals surface area contributed by atoms with Crippen molar-refractivity contribution in [3.63, 3.8) is 0 Å². The maximum atomic E-state index is 10.8. The van der Waals surface area contributed by atoms with Crippen LogP contribution in [0.5, 0.6) is 0 Å². The average Bonchev–Trinajstić information content (AvgIpc) is 2.23. The summed E-state index contributed by atoms with van der Waals surface area (Å²) in [5, 5.41) is 20.0. The summed E-state index contributed by atoms with van der Waals surface area (Å²) in [7, 11) is 0. The molecule has 1 atom stereocenters. The van der Waals surface area contributed by atoms with Crippen LogP contribution < -0.4 is 0 Å². The quantitative estimate of drug-likeness (QED) is 0.367. The molecule has 0 bridgehead atoms. The van der Waals surface area contributed by atoms with Gasteiger partial charge >= 0.3 is 0 Å². The van der Waals surface area contributed by atoms with Gasteiger partial charge in [-0.15, -0.1) is 0 Å². The van der Waals surface area contributed by atoms with Gasteiger partial charge in [0.2, 0.25) is 5.54 Å². The third-order valence-electron chi connectivity index (χ3n) is 3.09. The molecule has 0 heterocycles. The van der Waals surface area contributed by atoms with Gasteiger partial charge in [-0.1, -0.05) is 39.5 Å². The van der Waals surface area contributed by atoms with Crippen molar-refractivity contribution < 1.29 is 10.0 Å². The zero-order chi connectivity index (χ0) is 11.7. The van der Waals surface area contributed by atoms with Crippen molar-refractivity contribution in [2.75, 3.05) is 6.61 Å². The van der Waals surface area contributed by atoms with E-state index in [4.69, 9.17) is 5.11 Å². The van der Waals surface area contributed by atoms with Gasteiger partial charge in [-0.3, -0.25) is 10.1 Å². The summed E-state index contributed by atoms with van der Waals surface area (Å²) in [6.07, 6.45) is 6.28. The Labute approximate surface area is 91.8 Å². The molecular weight excluding hydrogens is 194 g/mol. The fourth-order valence-corrected chi connectivity index (χ4v) is 1.70. The Morgan fingerprint density at radius 2 is 1.80 bits per heavy atom. The molecular formula is C11H23NO3. The van der Waals surface area contributed by atoms with E-state index in [9.17, 15) is 10.1 Å². The van der Waals surface area contributed by atoms with Crippen LogP contribution in [0.2, 0.25) is 0 Å². The molecule has 0 aliphatic heterocycles. The lowest BCUT2D eigenvalue weighted by molar-refractivity contribution is -0.575. The molecule has 4 nitrogen and oxygen atoms in total. The van der Waals surface area contributed by atoms with Gasteiger partial charge in [0.1, 0.15) is 6.61 Å². The van der Waals surface area contributed by atoms with E-state index in [0.29, 0.717) is 12.8 Å². The predicted octanol–water partition coefficient (Wildman–Crippen LogP) is 2.76. The summed E-state index contributed by atoms with van der Waals surface area (Å²) >= 11 is 0. The largest absolute Gasteiger partial charge is 0.389 e. The standard InChI is InChI=1S/C11H23NO3/c1-3-5-6-7-8-9-11(4-2,10-13)12(14)15/h13H,3-10H2,1-2H3. The number of hydrogen-bond donors (Lipinski definition) is 1. The minimum atomic E-state index is -1.09. The first-order valence-electron chi connectivity index (χ1n) is 5.88. The first-order chi connectivity index (χ1) is 7.13. The van der Waals surface area contributed by atoms with E-state index in [1.807, 2.05) is 0 Å². The highest BCUT2D eigenvalue weighted by atomic mass is 16.6. The van der Waals surface area contributed by atoms with Crippen LogP contribution in [0.4, 0.5) is 0 Å². The van der Waals surface area contributed by atoms with Gasteiger partial charge in [-0.05, 0) is 6.42 Å². The molecule has 0 saturated heterocycles. The zero-order valence-electron chi connectivity index (χ0n) is 9.87. The molecule has 0 radical (unpaired) electrons. The highest BCUT2D eigenvalue weighted by molar-refractivity contribution is 4.76. The highest BCUT2D eigenvalue weighted by Crippen LogP contribution is 2.22. The highest BCUT2D eigenvalue weighted by Gasteiger charge is 2.39. The van der Waals surface area contributed by atoms with Crippen molar-refractivity contribution in [1.82, 2.24) is 0 Å². The van der Waals surface area contributed by atoms with Crippen LogP contribution >= 0.6 is 0 Å². The minimum absolute atomic E-state index is 0.313. The van der Waals surface area contributed by atoms with Gasteiger partial charge in [0.25, 0.3) is 0 Å². The topological polar surface area (TPSA) is 63.4 Å². The normalized spacial score (nSPS) is 14.9. The average molecular weight is 217 g/mol. The van der Waals surface area contributed by atoms with Crippen LogP contribution in [0.3, 0.4) is 0 Å². The molecule has 0 rings (SSSR count). The third-order valence-corrected chi connectivity index (χ3v) is 3.09. The van der Waals surface area contributed by atoms with E-state index in [2.05, 4.69) is 6.92 Å². The second-order valence-electron chi connectivity index (χ2n) is 4.16. The van der Waals surface area contributed by atoms with Crippen molar-refractivity contribution in [3.05, 3.63) is 10.1 Å². The van der Waals surface area contributed by atoms with Gasteiger partial charge in [0, 0.05) is 17.8 Å². The number of nitro groups is 1. The summed E-state index contributed by atoms with van der Waals surface area (Å²) in [6, 6.07) is 0. The van der Waals surface area contributed by atoms with Crippen molar-refractivity contribution >= 4 is 0 Å². The maximum Gasteiger partial charge on any atom is 0.244 e. The number of aliphatic hydroxyl groups excluding tert-OH is 1. The van der Waals surface area contributed by atoms with E-state index in [-0.39, 0.29) is 11.5 Å². The lowest BCUT2D eigenvalue weighted by Gasteiger charge is -2.21. The van der Waals surface area contributed by atoms with Crippen LogP contribution in [-0.2, 0) is 0 Å². The molecule has 0 aliphatic carbocycles. The summed E-state index contributed by atoms with van der Waals surface area (Å²) in [6.45, 7) is 3.57. The molecule has 0 aliphatic rings. The molecule has 0 spiro atoms. The van der Waals surface area contributed by atoms with Crippen LogP contribution in [0, 0.1) is 10.1 Å². The lowest BCUT2D eigenvalue weighted by atomic mass is 9.91. The van der Waals surface area contributed by atoms with Crippen molar-refractivity contribution in [3.8, 4) is 0 Å². The molecule has 0 aromatic heterocycles. The molecule has 0 amide bonds. The van der Waals surface area contributed by atoms with Crippen molar-refractivity contribution in [1.29, 1.82) is 0 Å². The first kappa shape index (κ1) is 14.4. The van der Waals surface area contributed by atoms with Gasteiger partial charge in [-0.2, -0.15) is 0 Å². The Morgan fingerprint density at radius 3 is 2.20 bits per heavy atom. The Bertz CT molecular complexity index is 179. The molecule has 0 aromatic carbocycles. The van der Waals surface area contributed by atoms with Crippen molar-refractivity contribution in [2.45, 2.75) is 64.3 Å². The molecule has 90 valence electrons. The Balaban J connectivity index is 3.91. The van der Waals surface area contributed by atoms with E-state index in [0.717, 1.165) is 19.3 Å². The van der Waals surface area contributed by atoms with E-state index < -0.39 is 5.54 Å². The summed E-state index contributed by atoms with van der Waals surface area (Å²) in [4.78, 5) is 10.5. The SMILES string of the molecule is CCCCCCCC(CC)(CO)[N+](=O)[O-]. The maximum absolute atomic E-state index is 10.8. The Morgan fingerprint density at radius 1 is 1.20 bits per heavy atom. The number of aliphatic hydroxyl groups is 1. The second-order valence-corrected chi connectivity index (χ2v) is 4.16. The van der Waals surface area contributed by atoms with Gasteiger partial charge in [-0.25, -0.2) is 0 Å². The first-order valence-corrected chi connectivity index (χ1v) is 5.88. The molecule has 4 heteroatoms. The number of rotatable bonds is 9. The van der Waals surface area contributed by atoms with Gasteiger partial charge in [0.15, 0.2) is 0 Å². The van der Waals surface area contributed by atoms with Crippen molar-refractivity contribution in [2.24, 2.45) is 0 Å².